The number of carbonyl (C=O) groups is 2. The van der Waals surface area contributed by atoms with Crippen LogP contribution in [0.15, 0.2) is 24.3 Å². The maximum atomic E-state index is 13.0. The van der Waals surface area contributed by atoms with Crippen molar-refractivity contribution in [2.75, 3.05) is 26.2 Å². The van der Waals surface area contributed by atoms with Crippen LogP contribution in [0.3, 0.4) is 0 Å². The highest BCUT2D eigenvalue weighted by molar-refractivity contribution is 5.94. The fraction of sp³-hybridized carbons (Fsp3) is 0.579. The first-order valence-electron chi connectivity index (χ1n) is 8.92. The molecule has 5 nitrogen and oxygen atoms in total. The Morgan fingerprint density at radius 1 is 1.12 bits per heavy atom. The van der Waals surface area contributed by atoms with Crippen LogP contribution < -0.4 is 0 Å². The summed E-state index contributed by atoms with van der Waals surface area (Å²) < 4.78 is 18.6. The van der Waals surface area contributed by atoms with E-state index in [1.807, 2.05) is 18.7 Å². The predicted molar refractivity (Wildman–Crippen MR) is 91.6 cm³/mol. The summed E-state index contributed by atoms with van der Waals surface area (Å²) in [5.74, 6) is -0.310. The van der Waals surface area contributed by atoms with Crippen molar-refractivity contribution < 1.29 is 18.7 Å². The zero-order valence-corrected chi connectivity index (χ0v) is 14.8. The topological polar surface area (TPSA) is 49.9 Å². The highest BCUT2D eigenvalue weighted by Crippen LogP contribution is 2.24. The van der Waals surface area contributed by atoms with Crippen molar-refractivity contribution in [1.82, 2.24) is 9.80 Å². The fourth-order valence-corrected chi connectivity index (χ4v) is 3.55. The Bertz CT molecular complexity index is 626. The first kappa shape index (κ1) is 17.9. The molecule has 0 spiro atoms. The summed E-state index contributed by atoms with van der Waals surface area (Å²) >= 11 is 0. The van der Waals surface area contributed by atoms with Gasteiger partial charge in [0.2, 0.25) is 5.91 Å². The molecular weight excluding hydrogens is 323 g/mol. The van der Waals surface area contributed by atoms with E-state index in [0.29, 0.717) is 44.6 Å². The van der Waals surface area contributed by atoms with Crippen molar-refractivity contribution in [2.45, 2.75) is 38.8 Å². The van der Waals surface area contributed by atoms with Crippen LogP contribution in [0.1, 0.15) is 37.0 Å². The summed E-state index contributed by atoms with van der Waals surface area (Å²) in [5.41, 5.74) is 0.488. The van der Waals surface area contributed by atoms with Crippen molar-refractivity contribution >= 4 is 11.8 Å². The van der Waals surface area contributed by atoms with Crippen LogP contribution in [0, 0.1) is 11.7 Å². The van der Waals surface area contributed by atoms with E-state index in [-0.39, 0.29) is 35.7 Å². The molecule has 2 aliphatic rings. The Morgan fingerprint density at radius 2 is 1.76 bits per heavy atom. The largest absolute Gasteiger partial charge is 0.375 e. The van der Waals surface area contributed by atoms with Crippen LogP contribution in [0.5, 0.6) is 0 Å². The van der Waals surface area contributed by atoms with Crippen molar-refractivity contribution in [3.05, 3.63) is 35.6 Å². The molecule has 2 saturated heterocycles. The molecule has 136 valence electrons. The number of morpholine rings is 1. The predicted octanol–water partition coefficient (Wildman–Crippen LogP) is 2.31. The van der Waals surface area contributed by atoms with Crippen molar-refractivity contribution in [3.63, 3.8) is 0 Å². The maximum absolute atomic E-state index is 13.0. The van der Waals surface area contributed by atoms with Gasteiger partial charge in [-0.05, 0) is 51.0 Å². The van der Waals surface area contributed by atoms with E-state index in [1.165, 1.54) is 24.3 Å². The second-order valence-electron chi connectivity index (χ2n) is 7.06. The molecule has 3 rings (SSSR count). The molecule has 1 aromatic carbocycles. The highest BCUT2D eigenvalue weighted by atomic mass is 19.1. The number of carbonyl (C=O) groups excluding carboxylic acids is 2. The van der Waals surface area contributed by atoms with Gasteiger partial charge in [0.15, 0.2) is 0 Å². The van der Waals surface area contributed by atoms with Gasteiger partial charge in [0, 0.05) is 31.1 Å². The van der Waals surface area contributed by atoms with Gasteiger partial charge in [-0.25, -0.2) is 4.39 Å². The lowest BCUT2D eigenvalue weighted by Gasteiger charge is -2.40. The number of likely N-dealkylation sites (tertiary alicyclic amines) is 1. The van der Waals surface area contributed by atoms with Crippen LogP contribution in [0.4, 0.5) is 4.39 Å². The summed E-state index contributed by atoms with van der Waals surface area (Å²) in [5, 5.41) is 0. The third kappa shape index (κ3) is 4.00. The van der Waals surface area contributed by atoms with Gasteiger partial charge in [0.05, 0.1) is 18.8 Å². The molecular formula is C19H25FN2O3. The van der Waals surface area contributed by atoms with Gasteiger partial charge in [-0.1, -0.05) is 0 Å². The smallest absolute Gasteiger partial charge is 0.253 e. The number of hydrogen-bond donors (Lipinski definition) is 0. The molecule has 2 aliphatic heterocycles. The zero-order chi connectivity index (χ0) is 18.0. The minimum atomic E-state index is -0.352. The Balaban J connectivity index is 1.57. The van der Waals surface area contributed by atoms with Crippen molar-refractivity contribution in [2.24, 2.45) is 5.92 Å². The molecule has 25 heavy (non-hydrogen) atoms. The SMILES string of the molecule is CC1CN(C(=O)C2CCN(C(=O)c3ccc(F)cc3)CC2)C(C)CO1. The van der Waals surface area contributed by atoms with E-state index in [9.17, 15) is 14.0 Å². The fourth-order valence-electron chi connectivity index (χ4n) is 3.55. The van der Waals surface area contributed by atoms with Gasteiger partial charge in [0.25, 0.3) is 5.91 Å². The first-order valence-corrected chi connectivity index (χ1v) is 8.92. The van der Waals surface area contributed by atoms with Gasteiger partial charge in [0.1, 0.15) is 5.82 Å². The number of amides is 2. The number of benzene rings is 1. The molecule has 2 unspecified atom stereocenters. The number of ether oxygens (including phenoxy) is 1. The second-order valence-corrected chi connectivity index (χ2v) is 7.06. The lowest BCUT2D eigenvalue weighted by atomic mass is 9.94. The number of rotatable bonds is 2. The standard InChI is InChI=1S/C19H25FN2O3/c1-13-12-25-14(2)11-22(13)19(24)16-7-9-21(10-8-16)18(23)15-3-5-17(20)6-4-15/h3-6,13-14,16H,7-12H2,1-2H3. The molecule has 2 amide bonds. The number of nitrogens with zero attached hydrogens (tertiary/aromatic N) is 2. The van der Waals surface area contributed by atoms with E-state index < -0.39 is 0 Å². The molecule has 1 aromatic rings. The Labute approximate surface area is 147 Å². The van der Waals surface area contributed by atoms with E-state index >= 15 is 0 Å². The normalized spacial score (nSPS) is 25.1. The van der Waals surface area contributed by atoms with E-state index in [4.69, 9.17) is 4.74 Å². The molecule has 0 bridgehead atoms. The van der Waals surface area contributed by atoms with Crippen LogP contribution in [0.25, 0.3) is 0 Å². The first-order chi connectivity index (χ1) is 12.0. The average Bonchev–Trinajstić information content (AvgIpc) is 2.63. The van der Waals surface area contributed by atoms with Crippen molar-refractivity contribution in [3.8, 4) is 0 Å². The lowest BCUT2D eigenvalue weighted by Crippen LogP contribution is -2.53. The van der Waals surface area contributed by atoms with Gasteiger partial charge < -0.3 is 14.5 Å². The Hall–Kier alpha value is -1.95. The van der Waals surface area contributed by atoms with Gasteiger partial charge in [-0.15, -0.1) is 0 Å². The molecule has 0 aliphatic carbocycles. The summed E-state index contributed by atoms with van der Waals surface area (Å²) in [7, 11) is 0. The molecule has 2 atom stereocenters. The monoisotopic (exact) mass is 348 g/mol. The van der Waals surface area contributed by atoms with Crippen LogP contribution in [0.2, 0.25) is 0 Å². The van der Waals surface area contributed by atoms with Crippen LogP contribution in [-0.2, 0) is 9.53 Å². The van der Waals surface area contributed by atoms with E-state index in [0.717, 1.165) is 0 Å². The van der Waals surface area contributed by atoms with E-state index in [2.05, 4.69) is 0 Å². The van der Waals surface area contributed by atoms with Gasteiger partial charge in [-0.2, -0.15) is 0 Å². The van der Waals surface area contributed by atoms with Gasteiger partial charge >= 0.3 is 0 Å². The average molecular weight is 348 g/mol. The van der Waals surface area contributed by atoms with Crippen LogP contribution in [-0.4, -0.2) is 60.0 Å². The molecule has 2 fully saturated rings. The summed E-state index contributed by atoms with van der Waals surface area (Å²) in [6, 6.07) is 5.70. The molecule has 6 heteroatoms. The number of piperidine rings is 1. The Morgan fingerprint density at radius 3 is 2.40 bits per heavy atom. The quantitative estimate of drug-likeness (QED) is 0.824. The molecule has 0 aromatic heterocycles. The van der Waals surface area contributed by atoms with Gasteiger partial charge in [-0.3, -0.25) is 9.59 Å². The highest BCUT2D eigenvalue weighted by Gasteiger charge is 2.34. The molecule has 0 saturated carbocycles. The molecule has 0 N–H and O–H groups in total. The van der Waals surface area contributed by atoms with Crippen LogP contribution >= 0.6 is 0 Å². The zero-order valence-electron chi connectivity index (χ0n) is 14.8. The van der Waals surface area contributed by atoms with Crippen molar-refractivity contribution in [1.29, 1.82) is 0 Å². The summed E-state index contributed by atoms with van der Waals surface area (Å²) in [6.45, 7) is 6.32. The van der Waals surface area contributed by atoms with E-state index in [1.54, 1.807) is 4.90 Å². The summed E-state index contributed by atoms with van der Waals surface area (Å²) in [4.78, 5) is 29.0. The molecule has 0 radical (unpaired) electrons. The third-order valence-electron chi connectivity index (χ3n) is 5.11. The maximum Gasteiger partial charge on any atom is 0.253 e. The number of halogens is 1. The summed E-state index contributed by atoms with van der Waals surface area (Å²) in [6.07, 6.45) is 1.41. The molecule has 2 heterocycles. The minimum absolute atomic E-state index is 0.0370. The Kier molecular flexibility index (Phi) is 5.37. The lowest BCUT2D eigenvalue weighted by molar-refractivity contribution is -0.148. The third-order valence-corrected chi connectivity index (χ3v) is 5.11. The second kappa shape index (κ2) is 7.52. The minimum Gasteiger partial charge on any atom is -0.375 e. The number of hydrogen-bond acceptors (Lipinski definition) is 3.